The van der Waals surface area contributed by atoms with Crippen molar-refractivity contribution in [1.29, 1.82) is 0 Å². The van der Waals surface area contributed by atoms with Gasteiger partial charge in [-0.15, -0.1) is 0 Å². The molecule has 13 heteroatoms. The molecule has 1 rings (SSSR count). The van der Waals surface area contributed by atoms with E-state index in [0.717, 1.165) is 57.8 Å². The number of esters is 2. The van der Waals surface area contributed by atoms with Gasteiger partial charge in [0.25, 0.3) is 10.1 Å². The summed E-state index contributed by atoms with van der Waals surface area (Å²) in [6, 6.07) is 0. The van der Waals surface area contributed by atoms with E-state index in [4.69, 9.17) is 18.9 Å². The van der Waals surface area contributed by atoms with Crippen molar-refractivity contribution in [3.05, 3.63) is 72.9 Å². The molecule has 0 aliphatic carbocycles. The molecule has 0 radical (unpaired) electrons. The first kappa shape index (κ1) is 59.1. The fourth-order valence-electron chi connectivity index (χ4n) is 6.95. The lowest BCUT2D eigenvalue weighted by Crippen LogP contribution is -2.60. The average Bonchev–Trinajstić information content (AvgIpc) is 3.26. The minimum atomic E-state index is -4.62. The average molecular weight is 923 g/mol. The molecule has 0 bridgehead atoms. The first-order valence-electron chi connectivity index (χ1n) is 24.5. The molecule has 6 atom stereocenters. The van der Waals surface area contributed by atoms with Crippen LogP contribution in [-0.2, 0) is 38.7 Å². The molecule has 1 fully saturated rings. The normalized spacial score (nSPS) is 20.2. The molecular formula is C51H86O12S. The zero-order valence-electron chi connectivity index (χ0n) is 39.4. The highest BCUT2D eigenvalue weighted by molar-refractivity contribution is 7.85. The molecule has 0 saturated carbocycles. The molecule has 12 nitrogen and oxygen atoms in total. The zero-order valence-corrected chi connectivity index (χ0v) is 40.2. The van der Waals surface area contributed by atoms with Crippen molar-refractivity contribution in [3.63, 3.8) is 0 Å². The van der Waals surface area contributed by atoms with Crippen molar-refractivity contribution >= 4 is 22.1 Å². The Morgan fingerprint density at radius 2 is 0.969 bits per heavy atom. The first-order chi connectivity index (χ1) is 31.0. The van der Waals surface area contributed by atoms with Crippen LogP contribution in [0.3, 0.4) is 0 Å². The van der Waals surface area contributed by atoms with Crippen LogP contribution in [-0.4, -0.2) is 96.0 Å². The van der Waals surface area contributed by atoms with Crippen LogP contribution in [0.15, 0.2) is 72.9 Å². The van der Waals surface area contributed by atoms with Crippen molar-refractivity contribution in [1.82, 2.24) is 0 Å². The third-order valence-corrected chi connectivity index (χ3v) is 11.5. The van der Waals surface area contributed by atoms with E-state index in [0.29, 0.717) is 19.3 Å². The standard InChI is InChI=1S/C51H86O12S/c1-3-5-7-9-11-13-15-17-19-21-22-24-26-28-30-32-34-36-38-40-47(53)62-44(42-61-51-50(56)49(55)48(54)45(63-51)43-64(57,58)59)41-60-46(52)39-37-35-33-31-29-27-25-23-20-18-16-14-12-10-8-6-4-2/h11,13,17-20,22,24,28,30,34,36,44-45,48-51,54-56H,3-10,12,14-16,21,23,25-27,29,31-33,35,37-43H2,1-2H3,(H,57,58,59)/b13-11+,19-17+,20-18+,24-22+,30-28+,36-34+/t44-,45-,48-,49?,50?,51+/m1/s1. The molecule has 0 amide bonds. The number of rotatable bonds is 40. The number of aliphatic hydroxyl groups is 3. The van der Waals surface area contributed by atoms with Crippen LogP contribution in [0.2, 0.25) is 0 Å². The van der Waals surface area contributed by atoms with Gasteiger partial charge in [0, 0.05) is 12.8 Å². The van der Waals surface area contributed by atoms with Crippen LogP contribution < -0.4 is 0 Å². The highest BCUT2D eigenvalue weighted by atomic mass is 32.2. The smallest absolute Gasteiger partial charge is 0.306 e. The minimum absolute atomic E-state index is 0.0371. The van der Waals surface area contributed by atoms with E-state index in [2.05, 4.69) is 74.6 Å². The molecule has 368 valence electrons. The van der Waals surface area contributed by atoms with Gasteiger partial charge < -0.3 is 34.3 Å². The highest BCUT2D eigenvalue weighted by Gasteiger charge is 2.46. The molecule has 0 aromatic carbocycles. The molecule has 4 N–H and O–H groups in total. The van der Waals surface area contributed by atoms with Crippen molar-refractivity contribution in [3.8, 4) is 0 Å². The summed E-state index contributed by atoms with van der Waals surface area (Å²) < 4.78 is 54.1. The number of aliphatic hydroxyl groups excluding tert-OH is 3. The Bertz CT molecular complexity index is 1450. The third-order valence-electron chi connectivity index (χ3n) is 10.8. The summed E-state index contributed by atoms with van der Waals surface area (Å²) >= 11 is 0. The second-order valence-corrected chi connectivity index (χ2v) is 18.3. The van der Waals surface area contributed by atoms with Crippen molar-refractivity contribution in [2.24, 2.45) is 0 Å². The quantitative estimate of drug-likeness (QED) is 0.0198. The Hall–Kier alpha value is -2.91. The van der Waals surface area contributed by atoms with Crippen molar-refractivity contribution in [2.75, 3.05) is 19.0 Å². The van der Waals surface area contributed by atoms with Gasteiger partial charge in [-0.3, -0.25) is 14.1 Å². The minimum Gasteiger partial charge on any atom is -0.462 e. The fraction of sp³-hybridized carbons (Fsp3) is 0.725. The maximum atomic E-state index is 12.8. The van der Waals surface area contributed by atoms with Gasteiger partial charge in [0.2, 0.25) is 0 Å². The van der Waals surface area contributed by atoms with Crippen LogP contribution in [0.1, 0.15) is 181 Å². The summed E-state index contributed by atoms with van der Waals surface area (Å²) in [4.78, 5) is 25.4. The molecule has 2 unspecified atom stereocenters. The molecule has 0 aromatic rings. The molecular weight excluding hydrogens is 837 g/mol. The lowest BCUT2D eigenvalue weighted by Gasteiger charge is -2.40. The molecule has 1 heterocycles. The van der Waals surface area contributed by atoms with E-state index in [1.807, 2.05) is 12.2 Å². The topological polar surface area (TPSA) is 186 Å². The number of hydrogen-bond donors (Lipinski definition) is 4. The Labute approximate surface area is 387 Å². The Morgan fingerprint density at radius 1 is 0.531 bits per heavy atom. The predicted octanol–water partition coefficient (Wildman–Crippen LogP) is 10.7. The lowest BCUT2D eigenvalue weighted by molar-refractivity contribution is -0.297. The maximum Gasteiger partial charge on any atom is 0.306 e. The molecule has 0 aromatic heterocycles. The Morgan fingerprint density at radius 3 is 1.50 bits per heavy atom. The lowest BCUT2D eigenvalue weighted by atomic mass is 10.00. The molecule has 1 saturated heterocycles. The number of carbonyl (C=O) groups excluding carboxylic acids is 2. The number of unbranched alkanes of at least 4 members (excludes halogenated alkanes) is 16. The summed E-state index contributed by atoms with van der Waals surface area (Å²) in [7, 11) is -4.62. The van der Waals surface area contributed by atoms with Crippen LogP contribution in [0.25, 0.3) is 0 Å². The van der Waals surface area contributed by atoms with Gasteiger partial charge in [-0.05, 0) is 77.0 Å². The van der Waals surface area contributed by atoms with Crippen LogP contribution in [0.5, 0.6) is 0 Å². The molecule has 1 aliphatic rings. The summed E-state index contributed by atoms with van der Waals surface area (Å²) in [6.45, 7) is 3.67. The van der Waals surface area contributed by atoms with Gasteiger partial charge >= 0.3 is 11.9 Å². The number of ether oxygens (including phenoxy) is 4. The van der Waals surface area contributed by atoms with Crippen LogP contribution in [0.4, 0.5) is 0 Å². The van der Waals surface area contributed by atoms with Crippen LogP contribution >= 0.6 is 0 Å². The number of allylic oxidation sites excluding steroid dienone is 12. The Balaban J connectivity index is 2.48. The Kier molecular flexibility index (Phi) is 37.3. The van der Waals surface area contributed by atoms with Crippen molar-refractivity contribution in [2.45, 2.75) is 218 Å². The fourth-order valence-corrected chi connectivity index (χ4v) is 7.64. The first-order valence-corrected chi connectivity index (χ1v) is 26.1. The second-order valence-electron chi connectivity index (χ2n) is 16.8. The van der Waals surface area contributed by atoms with Gasteiger partial charge in [0.1, 0.15) is 36.8 Å². The van der Waals surface area contributed by atoms with Crippen molar-refractivity contribution < 1.29 is 56.8 Å². The molecule has 0 spiro atoms. The van der Waals surface area contributed by atoms with Crippen LogP contribution in [0, 0.1) is 0 Å². The van der Waals surface area contributed by atoms with Gasteiger partial charge in [0.15, 0.2) is 12.4 Å². The second kappa shape index (κ2) is 40.4. The predicted molar refractivity (Wildman–Crippen MR) is 256 cm³/mol. The largest absolute Gasteiger partial charge is 0.462 e. The van der Waals surface area contributed by atoms with Gasteiger partial charge in [-0.2, -0.15) is 8.42 Å². The van der Waals surface area contributed by atoms with E-state index in [-0.39, 0.29) is 19.4 Å². The summed E-state index contributed by atoms with van der Waals surface area (Å²) in [5, 5.41) is 30.9. The third kappa shape index (κ3) is 34.4. The van der Waals surface area contributed by atoms with Gasteiger partial charge in [0.05, 0.1) is 6.61 Å². The SMILES string of the molecule is CCCCC/C=C/C/C=C/C/C=C/C/C=C/C/C=C/CCC(=O)O[C@H](COC(=O)CCCCCCCCC/C=C/CCCCCCCC)CO[C@H]1O[C@H](CS(=O)(=O)O)[C@@H](O)C(O)C1O. The summed E-state index contributed by atoms with van der Waals surface area (Å²) in [5.41, 5.74) is 0. The molecule has 1 aliphatic heterocycles. The highest BCUT2D eigenvalue weighted by Crippen LogP contribution is 2.24. The summed E-state index contributed by atoms with van der Waals surface area (Å²) in [6.07, 6.45) is 42.4. The number of carbonyl (C=O) groups is 2. The van der Waals surface area contributed by atoms with E-state index in [9.17, 15) is 37.9 Å². The van der Waals surface area contributed by atoms with E-state index in [1.165, 1.54) is 77.0 Å². The summed E-state index contributed by atoms with van der Waals surface area (Å²) in [5.74, 6) is -2.10. The van der Waals surface area contributed by atoms with Gasteiger partial charge in [-0.1, -0.05) is 164 Å². The van der Waals surface area contributed by atoms with E-state index in [1.54, 1.807) is 0 Å². The van der Waals surface area contributed by atoms with E-state index < -0.39 is 71.2 Å². The monoisotopic (exact) mass is 923 g/mol. The molecule has 64 heavy (non-hydrogen) atoms. The maximum absolute atomic E-state index is 12.8. The van der Waals surface area contributed by atoms with Gasteiger partial charge in [-0.25, -0.2) is 0 Å². The number of hydrogen-bond acceptors (Lipinski definition) is 11. The zero-order chi connectivity index (χ0) is 46.9. The van der Waals surface area contributed by atoms with E-state index >= 15 is 0 Å².